The average Bonchev–Trinajstić information content (AvgIpc) is 3.10. The van der Waals surface area contributed by atoms with Gasteiger partial charge in [0, 0.05) is 18.6 Å². The first-order chi connectivity index (χ1) is 8.52. The molecule has 1 N–H and O–H groups in total. The Morgan fingerprint density at radius 1 is 1.33 bits per heavy atom. The lowest BCUT2D eigenvalue weighted by Gasteiger charge is -2.36. The van der Waals surface area contributed by atoms with Crippen molar-refractivity contribution in [1.82, 2.24) is 10.2 Å². The summed E-state index contributed by atoms with van der Waals surface area (Å²) in [6, 6.07) is 1.09. The Kier molecular flexibility index (Phi) is 4.31. The van der Waals surface area contributed by atoms with Crippen molar-refractivity contribution in [2.45, 2.75) is 71.4 Å². The molecule has 2 fully saturated rings. The van der Waals surface area contributed by atoms with E-state index in [0.717, 1.165) is 6.54 Å². The lowest BCUT2D eigenvalue weighted by molar-refractivity contribution is -0.130. The standard InChI is InChI=1S/C15H28N2O/c1-4-17(13-7-8-13)14(18)11-16-12-6-5-9-15(2,3)10-12/h12-13,16H,4-11H2,1-3H3. The van der Waals surface area contributed by atoms with E-state index in [9.17, 15) is 4.79 Å². The van der Waals surface area contributed by atoms with Crippen LogP contribution in [-0.2, 0) is 4.79 Å². The molecule has 18 heavy (non-hydrogen) atoms. The average molecular weight is 252 g/mol. The van der Waals surface area contributed by atoms with E-state index < -0.39 is 0 Å². The molecule has 0 heterocycles. The molecule has 0 aliphatic heterocycles. The van der Waals surface area contributed by atoms with Crippen molar-refractivity contribution in [3.8, 4) is 0 Å². The summed E-state index contributed by atoms with van der Waals surface area (Å²) in [4.78, 5) is 14.2. The molecule has 1 unspecified atom stereocenters. The first kappa shape index (κ1) is 13.9. The normalized spacial score (nSPS) is 26.9. The Labute approximate surface area is 111 Å². The lowest BCUT2D eigenvalue weighted by atomic mass is 9.75. The van der Waals surface area contributed by atoms with Gasteiger partial charge in [-0.3, -0.25) is 4.79 Å². The van der Waals surface area contributed by atoms with Crippen LogP contribution in [0.25, 0.3) is 0 Å². The highest BCUT2D eigenvalue weighted by Gasteiger charge is 2.32. The Morgan fingerprint density at radius 3 is 2.61 bits per heavy atom. The van der Waals surface area contributed by atoms with Gasteiger partial charge in [0.25, 0.3) is 0 Å². The topological polar surface area (TPSA) is 32.3 Å². The largest absolute Gasteiger partial charge is 0.339 e. The first-order valence-corrected chi connectivity index (χ1v) is 7.55. The number of likely N-dealkylation sites (N-methyl/N-ethyl adjacent to an activating group) is 1. The number of hydrogen-bond acceptors (Lipinski definition) is 2. The number of nitrogens with one attached hydrogen (secondary N) is 1. The van der Waals surface area contributed by atoms with E-state index in [1.165, 1.54) is 38.5 Å². The van der Waals surface area contributed by atoms with Gasteiger partial charge in [-0.2, -0.15) is 0 Å². The Hall–Kier alpha value is -0.570. The summed E-state index contributed by atoms with van der Waals surface area (Å²) in [6.07, 6.45) is 7.45. The molecular weight excluding hydrogens is 224 g/mol. The molecule has 0 radical (unpaired) electrons. The van der Waals surface area contributed by atoms with Gasteiger partial charge in [-0.1, -0.05) is 20.3 Å². The van der Waals surface area contributed by atoms with E-state index in [1.54, 1.807) is 0 Å². The molecule has 2 aliphatic carbocycles. The lowest BCUT2D eigenvalue weighted by Crippen LogP contribution is -2.45. The van der Waals surface area contributed by atoms with E-state index >= 15 is 0 Å². The van der Waals surface area contributed by atoms with Gasteiger partial charge in [-0.05, 0) is 44.4 Å². The maximum atomic E-state index is 12.1. The number of rotatable bonds is 5. The van der Waals surface area contributed by atoms with Gasteiger partial charge in [-0.15, -0.1) is 0 Å². The van der Waals surface area contributed by atoms with Gasteiger partial charge in [-0.25, -0.2) is 0 Å². The van der Waals surface area contributed by atoms with E-state index in [1.807, 2.05) is 4.90 Å². The van der Waals surface area contributed by atoms with Crippen LogP contribution >= 0.6 is 0 Å². The Bertz CT molecular complexity index is 297. The molecule has 1 amide bonds. The molecule has 2 saturated carbocycles. The van der Waals surface area contributed by atoms with Gasteiger partial charge in [0.2, 0.25) is 5.91 Å². The molecule has 0 aromatic rings. The van der Waals surface area contributed by atoms with Gasteiger partial charge in [0.1, 0.15) is 0 Å². The Morgan fingerprint density at radius 2 is 2.06 bits per heavy atom. The summed E-state index contributed by atoms with van der Waals surface area (Å²) < 4.78 is 0. The van der Waals surface area contributed by atoms with Gasteiger partial charge >= 0.3 is 0 Å². The molecule has 0 bridgehead atoms. The van der Waals surface area contributed by atoms with E-state index in [2.05, 4.69) is 26.1 Å². The molecule has 1 atom stereocenters. The number of hydrogen-bond donors (Lipinski definition) is 1. The highest BCUT2D eigenvalue weighted by atomic mass is 16.2. The van der Waals surface area contributed by atoms with Crippen molar-refractivity contribution in [3.63, 3.8) is 0 Å². The zero-order valence-corrected chi connectivity index (χ0v) is 12.2. The molecule has 3 nitrogen and oxygen atoms in total. The molecular formula is C15H28N2O. The number of nitrogens with zero attached hydrogens (tertiary/aromatic N) is 1. The summed E-state index contributed by atoms with van der Waals surface area (Å²) in [6.45, 7) is 8.16. The van der Waals surface area contributed by atoms with Gasteiger partial charge < -0.3 is 10.2 Å². The van der Waals surface area contributed by atoms with Crippen LogP contribution in [0.4, 0.5) is 0 Å². The van der Waals surface area contributed by atoms with Crippen LogP contribution < -0.4 is 5.32 Å². The maximum absolute atomic E-state index is 12.1. The van der Waals surface area contributed by atoms with E-state index in [4.69, 9.17) is 0 Å². The van der Waals surface area contributed by atoms with Crippen molar-refractivity contribution in [2.75, 3.05) is 13.1 Å². The molecule has 2 aliphatic rings. The monoisotopic (exact) mass is 252 g/mol. The molecule has 104 valence electrons. The van der Waals surface area contributed by atoms with Gasteiger partial charge in [0.15, 0.2) is 0 Å². The van der Waals surface area contributed by atoms with Crippen molar-refractivity contribution in [1.29, 1.82) is 0 Å². The van der Waals surface area contributed by atoms with Crippen molar-refractivity contribution < 1.29 is 4.79 Å². The third-order valence-electron chi connectivity index (χ3n) is 4.40. The fraction of sp³-hybridized carbons (Fsp3) is 0.933. The molecule has 0 saturated heterocycles. The quantitative estimate of drug-likeness (QED) is 0.815. The van der Waals surface area contributed by atoms with E-state index in [0.29, 0.717) is 30.0 Å². The second-order valence-corrected chi connectivity index (χ2v) is 6.75. The number of carbonyl (C=O) groups excluding carboxylic acids is 1. The van der Waals surface area contributed by atoms with Crippen LogP contribution in [0.2, 0.25) is 0 Å². The third-order valence-corrected chi connectivity index (χ3v) is 4.40. The minimum absolute atomic E-state index is 0.295. The van der Waals surface area contributed by atoms with Crippen molar-refractivity contribution in [2.24, 2.45) is 5.41 Å². The SMILES string of the molecule is CCN(C(=O)CNC1CCCC(C)(C)C1)C1CC1. The van der Waals surface area contributed by atoms with Gasteiger partial charge in [0.05, 0.1) is 6.54 Å². The first-order valence-electron chi connectivity index (χ1n) is 7.55. The van der Waals surface area contributed by atoms with Crippen LogP contribution in [0, 0.1) is 5.41 Å². The zero-order valence-electron chi connectivity index (χ0n) is 12.2. The highest BCUT2D eigenvalue weighted by molar-refractivity contribution is 5.78. The second-order valence-electron chi connectivity index (χ2n) is 6.75. The van der Waals surface area contributed by atoms with E-state index in [-0.39, 0.29) is 0 Å². The van der Waals surface area contributed by atoms with Crippen molar-refractivity contribution in [3.05, 3.63) is 0 Å². The molecule has 0 spiro atoms. The predicted octanol–water partition coefficient (Wildman–Crippen LogP) is 2.56. The smallest absolute Gasteiger partial charge is 0.236 e. The second kappa shape index (κ2) is 5.60. The molecule has 0 aromatic heterocycles. The molecule has 2 rings (SSSR count). The number of carbonyl (C=O) groups is 1. The Balaban J connectivity index is 1.75. The van der Waals surface area contributed by atoms with Crippen LogP contribution in [0.3, 0.4) is 0 Å². The fourth-order valence-corrected chi connectivity index (χ4v) is 3.23. The summed E-state index contributed by atoms with van der Waals surface area (Å²) >= 11 is 0. The minimum atomic E-state index is 0.295. The van der Waals surface area contributed by atoms with Crippen LogP contribution in [-0.4, -0.2) is 36.0 Å². The number of amides is 1. The third kappa shape index (κ3) is 3.71. The molecule has 0 aromatic carbocycles. The molecule has 3 heteroatoms. The zero-order chi connectivity index (χ0) is 13.2. The van der Waals surface area contributed by atoms with Crippen molar-refractivity contribution >= 4 is 5.91 Å². The summed E-state index contributed by atoms with van der Waals surface area (Å²) in [5.41, 5.74) is 0.444. The highest BCUT2D eigenvalue weighted by Crippen LogP contribution is 2.35. The fourth-order valence-electron chi connectivity index (χ4n) is 3.23. The summed E-state index contributed by atoms with van der Waals surface area (Å²) in [7, 11) is 0. The summed E-state index contributed by atoms with van der Waals surface area (Å²) in [5.74, 6) is 0.295. The summed E-state index contributed by atoms with van der Waals surface area (Å²) in [5, 5.41) is 3.48. The maximum Gasteiger partial charge on any atom is 0.236 e. The van der Waals surface area contributed by atoms with Crippen LogP contribution in [0.1, 0.15) is 59.3 Å². The van der Waals surface area contributed by atoms with Crippen LogP contribution in [0.15, 0.2) is 0 Å². The minimum Gasteiger partial charge on any atom is -0.339 e. The predicted molar refractivity (Wildman–Crippen MR) is 74.4 cm³/mol. The van der Waals surface area contributed by atoms with Crippen LogP contribution in [0.5, 0.6) is 0 Å².